The number of aliphatic hydroxyl groups is 1. The first-order chi connectivity index (χ1) is 14.2. The van der Waals surface area contributed by atoms with Crippen LogP contribution in [0.25, 0.3) is 11.3 Å². The number of nitrogens with zero attached hydrogens (tertiary/aromatic N) is 2. The Hall–Kier alpha value is -3.45. The van der Waals surface area contributed by atoms with Gasteiger partial charge in [0.2, 0.25) is 0 Å². The largest absolute Gasteiger partial charge is 0.496 e. The molecule has 0 radical (unpaired) electrons. The lowest BCUT2D eigenvalue weighted by Crippen LogP contribution is -2.26. The van der Waals surface area contributed by atoms with Crippen molar-refractivity contribution in [3.05, 3.63) is 71.7 Å². The van der Waals surface area contributed by atoms with Gasteiger partial charge in [-0.15, -0.1) is 0 Å². The van der Waals surface area contributed by atoms with Crippen LogP contribution in [0.1, 0.15) is 21.6 Å². The first-order valence-electron chi connectivity index (χ1n) is 9.16. The molecule has 1 amide bonds. The molecule has 3 rings (SSSR count). The van der Waals surface area contributed by atoms with Crippen molar-refractivity contribution in [1.29, 1.82) is 0 Å². The molecule has 2 N–H and O–H groups in total. The second-order valence-electron chi connectivity index (χ2n) is 6.29. The molecule has 0 spiro atoms. The number of carbonyl (C=O) groups excluding carboxylic acids is 1. The quantitative estimate of drug-likeness (QED) is 0.611. The van der Waals surface area contributed by atoms with E-state index in [2.05, 4.69) is 15.3 Å². The molecule has 0 fully saturated rings. The van der Waals surface area contributed by atoms with Crippen LogP contribution in [0.5, 0.6) is 11.5 Å². The molecule has 1 aromatic heterocycles. The number of hydrogen-bond donors (Lipinski definition) is 2. The number of methoxy groups -OCH3 is 2. The molecule has 150 valence electrons. The maximum Gasteiger partial charge on any atom is 0.255 e. The van der Waals surface area contributed by atoms with Crippen LogP contribution in [-0.2, 0) is 6.42 Å². The zero-order chi connectivity index (χ0) is 20.6. The number of aliphatic hydroxyl groups excluding tert-OH is 1. The van der Waals surface area contributed by atoms with E-state index in [1.807, 2.05) is 42.5 Å². The lowest BCUT2D eigenvalue weighted by molar-refractivity contribution is 0.0941. The van der Waals surface area contributed by atoms with Crippen LogP contribution in [0.2, 0.25) is 0 Å². The van der Waals surface area contributed by atoms with Gasteiger partial charge in [-0.05, 0) is 35.9 Å². The van der Waals surface area contributed by atoms with Crippen molar-refractivity contribution < 1.29 is 19.4 Å². The molecule has 0 saturated heterocycles. The summed E-state index contributed by atoms with van der Waals surface area (Å²) in [5.74, 6) is 0.928. The zero-order valence-electron chi connectivity index (χ0n) is 16.4. The van der Waals surface area contributed by atoms with Crippen molar-refractivity contribution in [2.75, 3.05) is 27.4 Å². The van der Waals surface area contributed by atoms with Crippen molar-refractivity contribution >= 4 is 5.91 Å². The van der Waals surface area contributed by atoms with E-state index >= 15 is 0 Å². The standard InChI is InChI=1S/C22H23N3O4/c1-28-20-6-4-3-5-17(20)19-13-16(24-14-25-19)11-15-7-8-18(21(12-15)29-2)22(27)23-9-10-26/h3-8,12-14,26H,9-11H2,1-2H3,(H,23,27). The highest BCUT2D eigenvalue weighted by Gasteiger charge is 2.13. The topological polar surface area (TPSA) is 93.6 Å². The summed E-state index contributed by atoms with van der Waals surface area (Å²) in [4.78, 5) is 20.9. The molecule has 7 heteroatoms. The molecule has 2 aromatic carbocycles. The number of aromatic nitrogens is 2. The van der Waals surface area contributed by atoms with Crippen LogP contribution in [0, 0.1) is 0 Å². The maximum absolute atomic E-state index is 12.2. The van der Waals surface area contributed by atoms with Gasteiger partial charge in [-0.3, -0.25) is 4.79 Å². The monoisotopic (exact) mass is 393 g/mol. The molecule has 1 heterocycles. The molecular weight excluding hydrogens is 370 g/mol. The summed E-state index contributed by atoms with van der Waals surface area (Å²) in [7, 11) is 3.15. The number of rotatable bonds is 8. The highest BCUT2D eigenvalue weighted by molar-refractivity contribution is 5.97. The van der Waals surface area contributed by atoms with E-state index in [1.54, 1.807) is 13.2 Å². The van der Waals surface area contributed by atoms with Gasteiger partial charge in [0.05, 0.1) is 32.1 Å². The minimum atomic E-state index is -0.289. The number of nitrogens with one attached hydrogen (secondary N) is 1. The summed E-state index contributed by atoms with van der Waals surface area (Å²) in [5.41, 5.74) is 3.87. The number of amides is 1. The smallest absolute Gasteiger partial charge is 0.255 e. The van der Waals surface area contributed by atoms with Gasteiger partial charge in [0, 0.05) is 24.2 Å². The number of para-hydroxylation sites is 1. The Morgan fingerprint density at radius 2 is 1.83 bits per heavy atom. The first-order valence-corrected chi connectivity index (χ1v) is 9.16. The SMILES string of the molecule is COc1cc(Cc2cc(-c3ccccc3OC)ncn2)ccc1C(=O)NCCO. The summed E-state index contributed by atoms with van der Waals surface area (Å²) in [6.07, 6.45) is 2.09. The van der Waals surface area contributed by atoms with Crippen molar-refractivity contribution in [2.45, 2.75) is 6.42 Å². The summed E-state index contributed by atoms with van der Waals surface area (Å²) < 4.78 is 10.8. The van der Waals surface area contributed by atoms with Crippen LogP contribution in [0.3, 0.4) is 0 Å². The van der Waals surface area contributed by atoms with Gasteiger partial charge >= 0.3 is 0 Å². The summed E-state index contributed by atoms with van der Waals surface area (Å²) in [6.45, 7) is 0.0742. The Morgan fingerprint density at radius 1 is 1.03 bits per heavy atom. The van der Waals surface area contributed by atoms with E-state index in [4.69, 9.17) is 14.6 Å². The molecule has 0 aliphatic heterocycles. The number of carbonyl (C=O) groups is 1. The van der Waals surface area contributed by atoms with Crippen LogP contribution in [0.15, 0.2) is 54.9 Å². The Morgan fingerprint density at radius 3 is 2.59 bits per heavy atom. The predicted octanol–water partition coefficient (Wildman–Crippen LogP) is 2.47. The maximum atomic E-state index is 12.2. The minimum Gasteiger partial charge on any atom is -0.496 e. The lowest BCUT2D eigenvalue weighted by Gasteiger charge is -2.11. The Labute approximate surface area is 169 Å². The lowest BCUT2D eigenvalue weighted by atomic mass is 10.0. The number of benzene rings is 2. The minimum absolute atomic E-state index is 0.117. The van der Waals surface area contributed by atoms with Crippen molar-refractivity contribution in [3.63, 3.8) is 0 Å². The summed E-state index contributed by atoms with van der Waals surface area (Å²) >= 11 is 0. The molecule has 0 unspecified atom stereocenters. The average Bonchev–Trinajstić information content (AvgIpc) is 2.77. The Balaban J connectivity index is 1.84. The van der Waals surface area contributed by atoms with Gasteiger partial charge in [0.1, 0.15) is 17.8 Å². The predicted molar refractivity (Wildman–Crippen MR) is 109 cm³/mol. The summed E-state index contributed by atoms with van der Waals surface area (Å²) in [5, 5.41) is 11.5. The molecule has 0 aliphatic carbocycles. The van der Waals surface area contributed by atoms with E-state index in [-0.39, 0.29) is 19.1 Å². The molecule has 7 nitrogen and oxygen atoms in total. The van der Waals surface area contributed by atoms with Gasteiger partial charge < -0.3 is 19.9 Å². The third-order valence-corrected chi connectivity index (χ3v) is 4.40. The van der Waals surface area contributed by atoms with Gasteiger partial charge in [-0.2, -0.15) is 0 Å². The van der Waals surface area contributed by atoms with Crippen molar-refractivity contribution in [2.24, 2.45) is 0 Å². The molecule has 29 heavy (non-hydrogen) atoms. The molecule has 0 atom stereocenters. The zero-order valence-corrected chi connectivity index (χ0v) is 16.4. The number of ether oxygens (including phenoxy) is 2. The first kappa shape index (κ1) is 20.3. The van der Waals surface area contributed by atoms with Gasteiger partial charge in [-0.1, -0.05) is 18.2 Å². The van der Waals surface area contributed by atoms with E-state index in [0.717, 1.165) is 28.3 Å². The fraction of sp³-hybridized carbons (Fsp3) is 0.227. The normalized spacial score (nSPS) is 10.4. The third-order valence-electron chi connectivity index (χ3n) is 4.40. The van der Waals surface area contributed by atoms with Crippen LogP contribution < -0.4 is 14.8 Å². The van der Waals surface area contributed by atoms with E-state index in [9.17, 15) is 4.79 Å². The fourth-order valence-electron chi connectivity index (χ4n) is 3.00. The average molecular weight is 393 g/mol. The molecule has 0 bridgehead atoms. The van der Waals surface area contributed by atoms with Crippen LogP contribution >= 0.6 is 0 Å². The third kappa shape index (κ3) is 4.89. The van der Waals surface area contributed by atoms with Crippen molar-refractivity contribution in [1.82, 2.24) is 15.3 Å². The Kier molecular flexibility index (Phi) is 6.76. The van der Waals surface area contributed by atoms with Crippen molar-refractivity contribution in [3.8, 4) is 22.8 Å². The van der Waals surface area contributed by atoms with Gasteiger partial charge in [0.15, 0.2) is 0 Å². The Bertz CT molecular complexity index is 991. The second-order valence-corrected chi connectivity index (χ2v) is 6.29. The highest BCUT2D eigenvalue weighted by atomic mass is 16.5. The fourth-order valence-corrected chi connectivity index (χ4v) is 3.00. The van der Waals surface area contributed by atoms with E-state index < -0.39 is 0 Å². The number of hydrogen-bond acceptors (Lipinski definition) is 6. The summed E-state index contributed by atoms with van der Waals surface area (Å²) in [6, 6.07) is 15.0. The molecular formula is C22H23N3O4. The highest BCUT2D eigenvalue weighted by Crippen LogP contribution is 2.28. The van der Waals surface area contributed by atoms with Gasteiger partial charge in [-0.25, -0.2) is 9.97 Å². The van der Waals surface area contributed by atoms with Crippen LogP contribution in [0.4, 0.5) is 0 Å². The molecule has 3 aromatic rings. The molecule has 0 aliphatic rings. The molecule has 0 saturated carbocycles. The van der Waals surface area contributed by atoms with E-state index in [1.165, 1.54) is 13.4 Å². The van der Waals surface area contributed by atoms with Gasteiger partial charge in [0.25, 0.3) is 5.91 Å². The second kappa shape index (κ2) is 9.66. The van der Waals surface area contributed by atoms with E-state index in [0.29, 0.717) is 17.7 Å². The van der Waals surface area contributed by atoms with Crippen LogP contribution in [-0.4, -0.2) is 48.4 Å².